The highest BCUT2D eigenvalue weighted by molar-refractivity contribution is 5.87. The molecule has 6 heteroatoms. The van der Waals surface area contributed by atoms with Crippen LogP contribution in [0.4, 0.5) is 0 Å². The molecule has 0 spiro atoms. The number of amides is 1. The molecule has 0 bridgehead atoms. The molecule has 0 radical (unpaired) electrons. The Morgan fingerprint density at radius 1 is 1.00 bits per heavy atom. The lowest BCUT2D eigenvalue weighted by Crippen LogP contribution is -2.32. The minimum atomic E-state index is -0.118. The molecule has 1 atom stereocenters. The number of aromatic nitrogens is 3. The predicted octanol–water partition coefficient (Wildman–Crippen LogP) is 4.72. The van der Waals surface area contributed by atoms with E-state index in [1.807, 2.05) is 62.4 Å². The summed E-state index contributed by atoms with van der Waals surface area (Å²) in [7, 11) is 0. The smallest absolute Gasteiger partial charge is 0.281 e. The van der Waals surface area contributed by atoms with Gasteiger partial charge in [0.05, 0.1) is 17.3 Å². The summed E-state index contributed by atoms with van der Waals surface area (Å²) in [6, 6.07) is 19.9. The summed E-state index contributed by atoms with van der Waals surface area (Å²) >= 11 is 0. The summed E-state index contributed by atoms with van der Waals surface area (Å²) < 4.78 is 3.58. The van der Waals surface area contributed by atoms with Gasteiger partial charge in [-0.15, -0.1) is 0 Å². The average Bonchev–Trinajstić information content (AvgIpc) is 3.09. The Bertz CT molecular complexity index is 1320. The summed E-state index contributed by atoms with van der Waals surface area (Å²) in [5.74, 6) is 0.0701. The van der Waals surface area contributed by atoms with E-state index < -0.39 is 0 Å². The lowest BCUT2D eigenvalue weighted by atomic mass is 10.1. The lowest BCUT2D eigenvalue weighted by Gasteiger charge is -2.14. The second-order valence-corrected chi connectivity index (χ2v) is 8.90. The first kappa shape index (κ1) is 23.5. The van der Waals surface area contributed by atoms with Crippen LogP contribution in [0.5, 0.6) is 0 Å². The summed E-state index contributed by atoms with van der Waals surface area (Å²) in [5.41, 5.74) is 3.84. The summed E-state index contributed by atoms with van der Waals surface area (Å²) in [4.78, 5) is 25.7. The van der Waals surface area contributed by atoms with Gasteiger partial charge in [0, 0.05) is 35.8 Å². The molecule has 0 aliphatic carbocycles. The molecule has 1 N–H and O–H groups in total. The number of para-hydroxylation sites is 1. The maximum absolute atomic E-state index is 13.2. The predicted molar refractivity (Wildman–Crippen MR) is 136 cm³/mol. The third kappa shape index (κ3) is 5.11. The topological polar surface area (TPSA) is 68.9 Å². The first-order chi connectivity index (χ1) is 16.5. The van der Waals surface area contributed by atoms with Crippen LogP contribution in [0.3, 0.4) is 0 Å². The highest BCUT2D eigenvalue weighted by Crippen LogP contribution is 2.23. The Balaban J connectivity index is 1.38. The Morgan fingerprint density at radius 3 is 2.38 bits per heavy atom. The molecule has 176 valence electrons. The zero-order valence-corrected chi connectivity index (χ0v) is 20.1. The fourth-order valence-corrected chi connectivity index (χ4v) is 4.54. The molecule has 0 unspecified atom stereocenters. The van der Waals surface area contributed by atoms with Crippen molar-refractivity contribution in [3.63, 3.8) is 0 Å². The maximum atomic E-state index is 13.2. The minimum absolute atomic E-state index is 0.0701. The van der Waals surface area contributed by atoms with E-state index in [1.54, 1.807) is 6.20 Å². The van der Waals surface area contributed by atoms with Crippen molar-refractivity contribution in [1.29, 1.82) is 0 Å². The lowest BCUT2D eigenvalue weighted by molar-refractivity contribution is -0.121. The van der Waals surface area contributed by atoms with Crippen LogP contribution in [0.1, 0.15) is 43.1 Å². The molecule has 1 amide bonds. The van der Waals surface area contributed by atoms with Crippen LogP contribution in [0, 0.1) is 13.8 Å². The van der Waals surface area contributed by atoms with Gasteiger partial charge in [0.1, 0.15) is 0 Å². The first-order valence-corrected chi connectivity index (χ1v) is 11.9. The van der Waals surface area contributed by atoms with Crippen molar-refractivity contribution in [1.82, 2.24) is 19.7 Å². The van der Waals surface area contributed by atoms with Gasteiger partial charge in [-0.2, -0.15) is 9.78 Å². The van der Waals surface area contributed by atoms with Crippen molar-refractivity contribution >= 4 is 16.7 Å². The molecule has 2 heterocycles. The van der Waals surface area contributed by atoms with Gasteiger partial charge in [0.15, 0.2) is 0 Å². The van der Waals surface area contributed by atoms with E-state index in [4.69, 9.17) is 0 Å². The third-order valence-corrected chi connectivity index (χ3v) is 6.44. The van der Waals surface area contributed by atoms with Crippen molar-refractivity contribution in [2.75, 3.05) is 0 Å². The third-order valence-electron chi connectivity index (χ3n) is 6.44. The molecule has 0 aliphatic heterocycles. The number of rotatable bonds is 9. The highest BCUT2D eigenvalue weighted by Gasteiger charge is 2.17. The molecule has 0 aliphatic rings. The molecule has 6 nitrogen and oxygen atoms in total. The van der Waals surface area contributed by atoms with E-state index in [0.717, 1.165) is 35.3 Å². The van der Waals surface area contributed by atoms with Crippen LogP contribution in [-0.2, 0) is 17.8 Å². The van der Waals surface area contributed by atoms with Crippen LogP contribution in [0.2, 0.25) is 0 Å². The fourth-order valence-electron chi connectivity index (χ4n) is 4.54. The number of hydrogen-bond acceptors (Lipinski definition) is 3. The van der Waals surface area contributed by atoms with Gasteiger partial charge in [-0.05, 0) is 57.7 Å². The van der Waals surface area contributed by atoms with Crippen molar-refractivity contribution < 1.29 is 4.79 Å². The molecule has 4 aromatic rings. The summed E-state index contributed by atoms with van der Waals surface area (Å²) in [6.45, 7) is 6.72. The van der Waals surface area contributed by atoms with Crippen molar-refractivity contribution in [2.45, 2.75) is 59.0 Å². The Kier molecular flexibility index (Phi) is 7.26. The standard InChI is InChI=1S/C28H32N4O2/c1-20(16-17-23-11-6-4-7-12-23)30-26(33)15-10-18-31-21(2)25-19-29-32(24-13-8-5-9-14-24)28(34)27(25)22(31)3/h4-9,11-14,19-20H,10,15-18H2,1-3H3,(H,30,33)/t20-/m0/s1. The van der Waals surface area contributed by atoms with Crippen LogP contribution < -0.4 is 10.9 Å². The van der Waals surface area contributed by atoms with Gasteiger partial charge >= 0.3 is 0 Å². The van der Waals surface area contributed by atoms with Gasteiger partial charge in [-0.1, -0.05) is 48.5 Å². The van der Waals surface area contributed by atoms with E-state index >= 15 is 0 Å². The molecule has 2 aromatic carbocycles. The zero-order valence-electron chi connectivity index (χ0n) is 20.1. The van der Waals surface area contributed by atoms with Crippen LogP contribution >= 0.6 is 0 Å². The number of nitrogens with zero attached hydrogens (tertiary/aromatic N) is 3. The first-order valence-electron chi connectivity index (χ1n) is 11.9. The van der Waals surface area contributed by atoms with Crippen LogP contribution in [0.25, 0.3) is 16.5 Å². The average molecular weight is 457 g/mol. The molecular weight excluding hydrogens is 424 g/mol. The van der Waals surface area contributed by atoms with Crippen molar-refractivity contribution in [2.24, 2.45) is 0 Å². The van der Waals surface area contributed by atoms with Gasteiger partial charge in [0.2, 0.25) is 5.91 Å². The summed E-state index contributed by atoms with van der Waals surface area (Å²) in [6.07, 6.45) is 4.79. The number of carbonyl (C=O) groups excluding carboxylic acids is 1. The number of fused-ring (bicyclic) bond motifs is 1. The fraction of sp³-hybridized carbons (Fsp3) is 0.321. The largest absolute Gasteiger partial charge is 0.354 e. The number of nitrogens with one attached hydrogen (secondary N) is 1. The number of carbonyl (C=O) groups is 1. The molecular formula is C28H32N4O2. The van der Waals surface area contributed by atoms with E-state index in [1.165, 1.54) is 10.2 Å². The van der Waals surface area contributed by atoms with E-state index in [-0.39, 0.29) is 17.5 Å². The number of hydrogen-bond donors (Lipinski definition) is 1. The zero-order chi connectivity index (χ0) is 24.1. The Labute approximate surface area is 200 Å². The van der Waals surface area contributed by atoms with Crippen molar-refractivity contribution in [3.05, 3.63) is 94.2 Å². The van der Waals surface area contributed by atoms with E-state index in [0.29, 0.717) is 24.8 Å². The molecule has 0 saturated heterocycles. The van der Waals surface area contributed by atoms with Crippen LogP contribution in [0.15, 0.2) is 71.7 Å². The number of benzene rings is 2. The van der Waals surface area contributed by atoms with Crippen molar-refractivity contribution in [3.8, 4) is 5.69 Å². The minimum Gasteiger partial charge on any atom is -0.354 e. The Morgan fingerprint density at radius 2 is 1.68 bits per heavy atom. The maximum Gasteiger partial charge on any atom is 0.281 e. The van der Waals surface area contributed by atoms with E-state index in [2.05, 4.69) is 34.0 Å². The quantitative estimate of drug-likeness (QED) is 0.396. The van der Waals surface area contributed by atoms with Crippen LogP contribution in [-0.4, -0.2) is 26.3 Å². The molecule has 4 rings (SSSR count). The second-order valence-electron chi connectivity index (χ2n) is 8.90. The van der Waals surface area contributed by atoms with Gasteiger partial charge in [-0.3, -0.25) is 9.59 Å². The normalized spacial score (nSPS) is 12.1. The highest BCUT2D eigenvalue weighted by atomic mass is 16.1. The van der Waals surface area contributed by atoms with Gasteiger partial charge in [-0.25, -0.2) is 0 Å². The molecule has 0 saturated carbocycles. The Hall–Kier alpha value is -3.67. The van der Waals surface area contributed by atoms with Gasteiger partial charge in [0.25, 0.3) is 5.56 Å². The molecule has 0 fully saturated rings. The second kappa shape index (κ2) is 10.5. The monoisotopic (exact) mass is 456 g/mol. The van der Waals surface area contributed by atoms with E-state index in [9.17, 15) is 9.59 Å². The number of aryl methyl sites for hydroxylation is 3. The van der Waals surface area contributed by atoms with Gasteiger partial charge < -0.3 is 9.88 Å². The molecule has 2 aromatic heterocycles. The summed E-state index contributed by atoms with van der Waals surface area (Å²) in [5, 5.41) is 9.07. The molecule has 34 heavy (non-hydrogen) atoms. The SMILES string of the molecule is Cc1c2cnn(-c3ccccc3)c(=O)c2c(C)n1CCCC(=O)N[C@@H](C)CCc1ccccc1.